The van der Waals surface area contributed by atoms with Gasteiger partial charge in [-0.15, -0.1) is 0 Å². The van der Waals surface area contributed by atoms with Crippen LogP contribution in [0, 0.1) is 0 Å². The number of rotatable bonds is 6. The molecule has 0 bridgehead atoms. The van der Waals surface area contributed by atoms with Crippen LogP contribution in [0.2, 0.25) is 0 Å². The highest BCUT2D eigenvalue weighted by molar-refractivity contribution is 5.81. The van der Waals surface area contributed by atoms with Crippen molar-refractivity contribution in [2.45, 2.75) is 51.3 Å². The van der Waals surface area contributed by atoms with Gasteiger partial charge in [0.25, 0.3) is 0 Å². The minimum Gasteiger partial charge on any atom is -0.383 e. The number of hydrogen-bond donors (Lipinski definition) is 2. The van der Waals surface area contributed by atoms with Crippen LogP contribution in [0.15, 0.2) is 0 Å². The molecule has 0 aromatic heterocycles. The lowest BCUT2D eigenvalue weighted by Gasteiger charge is -2.37. The molecule has 0 spiro atoms. The molecule has 2 atom stereocenters. The molecule has 106 valence electrons. The Kier molecular flexibility index (Phi) is 6.05. The molecule has 0 aromatic rings. The van der Waals surface area contributed by atoms with Crippen molar-refractivity contribution in [1.29, 1.82) is 0 Å². The first-order chi connectivity index (χ1) is 8.44. The Bertz CT molecular complexity index is 269. The summed E-state index contributed by atoms with van der Waals surface area (Å²) in [5.41, 5.74) is -0.0951. The zero-order valence-corrected chi connectivity index (χ0v) is 11.9. The maximum Gasteiger partial charge on any atom is 0.236 e. The number of ether oxygens (including phenoxy) is 2. The van der Waals surface area contributed by atoms with Crippen LogP contribution < -0.4 is 10.6 Å². The molecule has 1 fully saturated rings. The summed E-state index contributed by atoms with van der Waals surface area (Å²) in [6, 6.07) is 0.165. The van der Waals surface area contributed by atoms with E-state index in [1.165, 1.54) is 0 Å². The summed E-state index contributed by atoms with van der Waals surface area (Å²) < 4.78 is 10.6. The highest BCUT2D eigenvalue weighted by atomic mass is 16.5. The molecule has 5 nitrogen and oxygen atoms in total. The predicted molar refractivity (Wildman–Crippen MR) is 70.5 cm³/mol. The minimum absolute atomic E-state index is 0.0244. The van der Waals surface area contributed by atoms with Gasteiger partial charge in [0.2, 0.25) is 5.91 Å². The van der Waals surface area contributed by atoms with Crippen LogP contribution in [-0.4, -0.2) is 50.5 Å². The third kappa shape index (κ3) is 5.33. The molecule has 1 saturated heterocycles. The average molecular weight is 258 g/mol. The largest absolute Gasteiger partial charge is 0.383 e. The number of carbonyl (C=O) groups is 1. The van der Waals surface area contributed by atoms with Gasteiger partial charge in [-0.1, -0.05) is 0 Å². The third-order valence-electron chi connectivity index (χ3n) is 3.18. The van der Waals surface area contributed by atoms with Crippen LogP contribution in [0.25, 0.3) is 0 Å². The number of methoxy groups -OCH3 is 1. The highest BCUT2D eigenvalue weighted by Gasteiger charge is 2.30. The summed E-state index contributed by atoms with van der Waals surface area (Å²) in [4.78, 5) is 11.8. The Morgan fingerprint density at radius 1 is 1.56 bits per heavy atom. The van der Waals surface area contributed by atoms with E-state index in [1.807, 2.05) is 6.92 Å². The molecule has 0 aromatic carbocycles. The molecule has 1 aliphatic heterocycles. The second-order valence-corrected chi connectivity index (χ2v) is 5.47. The van der Waals surface area contributed by atoms with Gasteiger partial charge in [-0.05, 0) is 33.6 Å². The smallest absolute Gasteiger partial charge is 0.236 e. The molecule has 0 saturated carbocycles. The standard InChI is InChI=1S/C13H26N2O3/c1-10(12(16)14-6-8-17-4)15-11-5-7-18-13(2,3)9-11/h10-11,15H,5-9H2,1-4H3,(H,14,16). The van der Waals surface area contributed by atoms with E-state index < -0.39 is 0 Å². The first-order valence-corrected chi connectivity index (χ1v) is 6.61. The van der Waals surface area contributed by atoms with E-state index in [9.17, 15) is 4.79 Å². The maximum atomic E-state index is 11.8. The van der Waals surface area contributed by atoms with Crippen LogP contribution in [-0.2, 0) is 14.3 Å². The fourth-order valence-corrected chi connectivity index (χ4v) is 2.23. The van der Waals surface area contributed by atoms with Crippen LogP contribution in [0.5, 0.6) is 0 Å². The van der Waals surface area contributed by atoms with Gasteiger partial charge in [0.05, 0.1) is 18.2 Å². The summed E-state index contributed by atoms with van der Waals surface area (Å²) in [5.74, 6) is 0.0244. The molecule has 0 aliphatic carbocycles. The SMILES string of the molecule is COCCNC(=O)C(C)NC1CCOC(C)(C)C1. The van der Waals surface area contributed by atoms with Gasteiger partial charge < -0.3 is 20.1 Å². The normalized spacial score (nSPS) is 24.6. The van der Waals surface area contributed by atoms with Crippen LogP contribution in [0.1, 0.15) is 33.6 Å². The van der Waals surface area contributed by atoms with Crippen molar-refractivity contribution in [1.82, 2.24) is 10.6 Å². The molecule has 2 N–H and O–H groups in total. The summed E-state index contributed by atoms with van der Waals surface area (Å²) >= 11 is 0. The number of carbonyl (C=O) groups excluding carboxylic acids is 1. The molecule has 18 heavy (non-hydrogen) atoms. The van der Waals surface area contributed by atoms with Crippen molar-refractivity contribution < 1.29 is 14.3 Å². The van der Waals surface area contributed by atoms with E-state index in [0.29, 0.717) is 19.2 Å². The van der Waals surface area contributed by atoms with E-state index in [1.54, 1.807) is 7.11 Å². The third-order valence-corrected chi connectivity index (χ3v) is 3.18. The number of nitrogens with one attached hydrogen (secondary N) is 2. The summed E-state index contributed by atoms with van der Waals surface area (Å²) in [5, 5.41) is 6.20. The molecule has 5 heteroatoms. The second kappa shape index (κ2) is 7.07. The lowest BCUT2D eigenvalue weighted by molar-refractivity contribution is -0.124. The van der Waals surface area contributed by atoms with E-state index in [-0.39, 0.29) is 17.6 Å². The zero-order valence-electron chi connectivity index (χ0n) is 11.9. The van der Waals surface area contributed by atoms with Crippen LogP contribution >= 0.6 is 0 Å². The molecule has 1 rings (SSSR count). The van der Waals surface area contributed by atoms with Crippen LogP contribution in [0.3, 0.4) is 0 Å². The number of hydrogen-bond acceptors (Lipinski definition) is 4. The monoisotopic (exact) mass is 258 g/mol. The quantitative estimate of drug-likeness (QED) is 0.688. The summed E-state index contributed by atoms with van der Waals surface area (Å²) in [6.07, 6.45) is 1.89. The molecular formula is C13H26N2O3. The van der Waals surface area contributed by atoms with Gasteiger partial charge in [-0.2, -0.15) is 0 Å². The summed E-state index contributed by atoms with van der Waals surface area (Å²) in [7, 11) is 1.62. The van der Waals surface area contributed by atoms with E-state index in [2.05, 4.69) is 24.5 Å². The Hall–Kier alpha value is -0.650. The first-order valence-electron chi connectivity index (χ1n) is 6.61. The fourth-order valence-electron chi connectivity index (χ4n) is 2.23. The highest BCUT2D eigenvalue weighted by Crippen LogP contribution is 2.24. The van der Waals surface area contributed by atoms with E-state index in [0.717, 1.165) is 19.4 Å². The van der Waals surface area contributed by atoms with E-state index in [4.69, 9.17) is 9.47 Å². The first kappa shape index (κ1) is 15.4. The van der Waals surface area contributed by atoms with Gasteiger partial charge in [0.15, 0.2) is 0 Å². The predicted octanol–water partition coefficient (Wildman–Crippen LogP) is 0.685. The second-order valence-electron chi connectivity index (χ2n) is 5.47. The molecule has 0 radical (unpaired) electrons. The van der Waals surface area contributed by atoms with E-state index >= 15 is 0 Å². The molecule has 2 unspecified atom stereocenters. The van der Waals surface area contributed by atoms with Gasteiger partial charge in [0.1, 0.15) is 0 Å². The number of amides is 1. The Balaban J connectivity index is 2.30. The maximum absolute atomic E-state index is 11.8. The van der Waals surface area contributed by atoms with Gasteiger partial charge >= 0.3 is 0 Å². The van der Waals surface area contributed by atoms with Crippen LogP contribution in [0.4, 0.5) is 0 Å². The molecule has 1 heterocycles. The minimum atomic E-state index is -0.180. The van der Waals surface area contributed by atoms with Crippen molar-refractivity contribution in [3.8, 4) is 0 Å². The van der Waals surface area contributed by atoms with Crippen molar-refractivity contribution >= 4 is 5.91 Å². The summed E-state index contributed by atoms with van der Waals surface area (Å²) in [6.45, 7) is 7.92. The molecule has 1 aliphatic rings. The Labute approximate surface area is 110 Å². The topological polar surface area (TPSA) is 59.6 Å². The molecular weight excluding hydrogens is 232 g/mol. The van der Waals surface area contributed by atoms with Crippen molar-refractivity contribution in [3.05, 3.63) is 0 Å². The van der Waals surface area contributed by atoms with Crippen molar-refractivity contribution in [3.63, 3.8) is 0 Å². The van der Waals surface area contributed by atoms with Gasteiger partial charge in [-0.25, -0.2) is 0 Å². The zero-order chi connectivity index (χ0) is 13.6. The van der Waals surface area contributed by atoms with Crippen molar-refractivity contribution in [2.24, 2.45) is 0 Å². The lowest BCUT2D eigenvalue weighted by atomic mass is 9.93. The van der Waals surface area contributed by atoms with Crippen molar-refractivity contribution in [2.75, 3.05) is 26.9 Å². The van der Waals surface area contributed by atoms with Gasteiger partial charge in [-0.3, -0.25) is 4.79 Å². The average Bonchev–Trinajstić information content (AvgIpc) is 2.27. The Morgan fingerprint density at radius 3 is 2.89 bits per heavy atom. The lowest BCUT2D eigenvalue weighted by Crippen LogP contribution is -2.51. The Morgan fingerprint density at radius 2 is 2.28 bits per heavy atom. The fraction of sp³-hybridized carbons (Fsp3) is 0.923. The van der Waals surface area contributed by atoms with Gasteiger partial charge in [0, 0.05) is 26.3 Å². The molecule has 1 amide bonds.